The second-order valence-corrected chi connectivity index (χ2v) is 4.83. The maximum atomic E-state index is 12.4. The highest BCUT2D eigenvalue weighted by Gasteiger charge is 2.41. The highest BCUT2D eigenvalue weighted by atomic mass is 16.2. The number of carbonyl (C=O) groups is 2. The molecular formula is C12H17N5O2. The van der Waals surface area contributed by atoms with Crippen LogP contribution in [0, 0.1) is 0 Å². The van der Waals surface area contributed by atoms with E-state index in [4.69, 9.17) is 0 Å². The molecule has 0 bridgehead atoms. The van der Waals surface area contributed by atoms with Gasteiger partial charge in [-0.1, -0.05) is 0 Å². The summed E-state index contributed by atoms with van der Waals surface area (Å²) in [4.78, 5) is 25.7. The first kappa shape index (κ1) is 13.3. The van der Waals surface area contributed by atoms with Gasteiger partial charge in [0.1, 0.15) is 11.4 Å². The lowest BCUT2D eigenvalue weighted by Crippen LogP contribution is -2.63. The van der Waals surface area contributed by atoms with Crippen molar-refractivity contribution in [3.05, 3.63) is 17.8 Å². The zero-order valence-corrected chi connectivity index (χ0v) is 11.2. The molecule has 1 aliphatic heterocycles. The summed E-state index contributed by atoms with van der Waals surface area (Å²) in [5.74, 6) is 0.147. The van der Waals surface area contributed by atoms with Crippen LogP contribution < -0.4 is 10.6 Å². The summed E-state index contributed by atoms with van der Waals surface area (Å²) in [6, 6.07) is 3.28. The molecule has 0 unspecified atom stereocenters. The molecule has 2 rings (SSSR count). The Morgan fingerprint density at radius 3 is 2.74 bits per heavy atom. The van der Waals surface area contributed by atoms with Gasteiger partial charge < -0.3 is 15.5 Å². The van der Waals surface area contributed by atoms with E-state index in [-0.39, 0.29) is 17.5 Å². The van der Waals surface area contributed by atoms with E-state index in [9.17, 15) is 9.59 Å². The van der Waals surface area contributed by atoms with Gasteiger partial charge >= 0.3 is 0 Å². The number of hydrogen-bond acceptors (Lipinski definition) is 5. The molecule has 1 aromatic rings. The van der Waals surface area contributed by atoms with Gasteiger partial charge in [-0.05, 0) is 26.0 Å². The molecule has 1 saturated heterocycles. The average Bonchev–Trinajstić information content (AvgIpc) is 2.41. The lowest BCUT2D eigenvalue weighted by Gasteiger charge is -2.40. The van der Waals surface area contributed by atoms with Crippen LogP contribution in [-0.2, 0) is 4.79 Å². The first-order valence-corrected chi connectivity index (χ1v) is 6.08. The number of rotatable bonds is 2. The molecule has 2 heterocycles. The molecule has 0 spiro atoms. The van der Waals surface area contributed by atoms with Crippen molar-refractivity contribution < 1.29 is 9.59 Å². The number of carbonyl (C=O) groups excluding carboxylic acids is 2. The van der Waals surface area contributed by atoms with E-state index >= 15 is 0 Å². The fraction of sp³-hybridized carbons (Fsp3) is 0.500. The number of nitrogens with zero attached hydrogens (tertiary/aromatic N) is 3. The zero-order valence-electron chi connectivity index (χ0n) is 11.2. The molecule has 2 N–H and O–H groups in total. The van der Waals surface area contributed by atoms with Crippen molar-refractivity contribution in [2.45, 2.75) is 19.4 Å². The summed E-state index contributed by atoms with van der Waals surface area (Å²) < 4.78 is 0. The predicted octanol–water partition coefficient (Wildman–Crippen LogP) is -0.131. The van der Waals surface area contributed by atoms with Gasteiger partial charge in [-0.25, -0.2) is 0 Å². The monoisotopic (exact) mass is 263 g/mol. The van der Waals surface area contributed by atoms with Crippen molar-refractivity contribution >= 4 is 17.6 Å². The smallest absolute Gasteiger partial charge is 0.275 e. The minimum atomic E-state index is -0.876. The first-order valence-electron chi connectivity index (χ1n) is 6.08. The second kappa shape index (κ2) is 4.83. The molecular weight excluding hydrogens is 246 g/mol. The maximum absolute atomic E-state index is 12.4. The van der Waals surface area contributed by atoms with Crippen LogP contribution in [0.3, 0.4) is 0 Å². The van der Waals surface area contributed by atoms with Crippen LogP contribution >= 0.6 is 0 Å². The molecule has 0 aromatic carbocycles. The van der Waals surface area contributed by atoms with E-state index in [2.05, 4.69) is 20.8 Å². The van der Waals surface area contributed by atoms with Crippen LogP contribution in [-0.4, -0.2) is 52.6 Å². The van der Waals surface area contributed by atoms with Crippen LogP contribution in [0.1, 0.15) is 24.3 Å². The van der Waals surface area contributed by atoms with Gasteiger partial charge in [0.15, 0.2) is 5.69 Å². The van der Waals surface area contributed by atoms with Crippen LogP contribution in [0.4, 0.5) is 5.82 Å². The second-order valence-electron chi connectivity index (χ2n) is 4.83. The number of piperazine rings is 1. The minimum absolute atomic E-state index is 0.160. The van der Waals surface area contributed by atoms with Crippen molar-refractivity contribution in [1.29, 1.82) is 0 Å². The quantitative estimate of drug-likeness (QED) is 0.776. The number of amides is 2. The molecule has 1 aliphatic rings. The summed E-state index contributed by atoms with van der Waals surface area (Å²) in [5, 5.41) is 13.3. The molecule has 7 nitrogen and oxygen atoms in total. The Hall–Kier alpha value is -2.18. The Bertz CT molecular complexity index is 497. The van der Waals surface area contributed by atoms with Crippen LogP contribution in [0.5, 0.6) is 0 Å². The van der Waals surface area contributed by atoms with E-state index < -0.39 is 5.54 Å². The molecule has 1 fully saturated rings. The first-order chi connectivity index (χ1) is 8.96. The Balaban J connectivity index is 2.24. The van der Waals surface area contributed by atoms with Crippen LogP contribution in [0.15, 0.2) is 12.1 Å². The fourth-order valence-electron chi connectivity index (χ4n) is 1.97. The molecule has 2 amide bonds. The van der Waals surface area contributed by atoms with Gasteiger partial charge in [0.05, 0.1) is 0 Å². The predicted molar refractivity (Wildman–Crippen MR) is 69.7 cm³/mol. The molecule has 0 aliphatic carbocycles. The van der Waals surface area contributed by atoms with Gasteiger partial charge in [0.25, 0.3) is 5.91 Å². The topological polar surface area (TPSA) is 87.2 Å². The average molecular weight is 263 g/mol. The Morgan fingerprint density at radius 2 is 2.16 bits per heavy atom. The summed E-state index contributed by atoms with van der Waals surface area (Å²) in [5.41, 5.74) is -0.639. The van der Waals surface area contributed by atoms with E-state index in [0.29, 0.717) is 18.9 Å². The summed E-state index contributed by atoms with van der Waals surface area (Å²) in [7, 11) is 1.73. The number of nitrogens with one attached hydrogen (secondary N) is 2. The summed E-state index contributed by atoms with van der Waals surface area (Å²) in [6.07, 6.45) is 0. The van der Waals surface area contributed by atoms with Gasteiger partial charge in [0.2, 0.25) is 5.91 Å². The highest BCUT2D eigenvalue weighted by molar-refractivity contribution is 5.98. The van der Waals surface area contributed by atoms with Crippen molar-refractivity contribution in [3.8, 4) is 0 Å². The largest absolute Gasteiger partial charge is 0.372 e. The van der Waals surface area contributed by atoms with Gasteiger partial charge in [-0.15, -0.1) is 10.2 Å². The van der Waals surface area contributed by atoms with E-state index in [0.717, 1.165) is 0 Å². The minimum Gasteiger partial charge on any atom is -0.372 e. The lowest BCUT2D eigenvalue weighted by molar-refractivity contribution is -0.133. The Morgan fingerprint density at radius 1 is 1.42 bits per heavy atom. The Kier molecular flexibility index (Phi) is 3.37. The highest BCUT2D eigenvalue weighted by Crippen LogP contribution is 2.20. The van der Waals surface area contributed by atoms with Crippen LogP contribution in [0.25, 0.3) is 0 Å². The summed E-state index contributed by atoms with van der Waals surface area (Å²) in [6.45, 7) is 4.35. The molecule has 102 valence electrons. The number of anilines is 1. The van der Waals surface area contributed by atoms with Crippen molar-refractivity contribution in [3.63, 3.8) is 0 Å². The fourth-order valence-corrected chi connectivity index (χ4v) is 1.97. The van der Waals surface area contributed by atoms with E-state index in [1.165, 1.54) is 4.90 Å². The van der Waals surface area contributed by atoms with Crippen molar-refractivity contribution in [2.75, 3.05) is 25.5 Å². The summed E-state index contributed by atoms with van der Waals surface area (Å²) >= 11 is 0. The molecule has 0 saturated carbocycles. The molecule has 19 heavy (non-hydrogen) atoms. The van der Waals surface area contributed by atoms with Crippen LogP contribution in [0.2, 0.25) is 0 Å². The van der Waals surface area contributed by atoms with Gasteiger partial charge in [0, 0.05) is 20.1 Å². The third-order valence-electron chi connectivity index (χ3n) is 3.24. The van der Waals surface area contributed by atoms with E-state index in [1.54, 1.807) is 33.0 Å². The van der Waals surface area contributed by atoms with E-state index in [1.807, 2.05) is 0 Å². The van der Waals surface area contributed by atoms with Gasteiger partial charge in [-0.2, -0.15) is 0 Å². The normalized spacial score (nSPS) is 17.8. The molecule has 1 aromatic heterocycles. The Labute approximate surface area is 111 Å². The lowest BCUT2D eigenvalue weighted by atomic mass is 9.98. The number of hydrogen-bond donors (Lipinski definition) is 2. The number of aromatic nitrogens is 2. The zero-order chi connectivity index (χ0) is 14.0. The maximum Gasteiger partial charge on any atom is 0.275 e. The molecule has 0 atom stereocenters. The van der Waals surface area contributed by atoms with Crippen molar-refractivity contribution in [1.82, 2.24) is 20.4 Å². The standard InChI is InChI=1S/C12H17N5O2/c1-12(2)11(19)14-6-7-17(12)10(18)8-4-5-9(13-3)16-15-8/h4-5H,6-7H2,1-3H3,(H,13,16)(H,14,19). The third-order valence-corrected chi connectivity index (χ3v) is 3.24. The van der Waals surface area contributed by atoms with Crippen molar-refractivity contribution in [2.24, 2.45) is 0 Å². The molecule has 0 radical (unpaired) electrons. The third kappa shape index (κ3) is 2.35. The van der Waals surface area contributed by atoms with Gasteiger partial charge in [-0.3, -0.25) is 9.59 Å². The molecule has 7 heteroatoms. The SMILES string of the molecule is CNc1ccc(C(=O)N2CCNC(=O)C2(C)C)nn1.